The summed E-state index contributed by atoms with van der Waals surface area (Å²) in [5.74, 6) is 1.83. The molecule has 2 aromatic rings. The van der Waals surface area contributed by atoms with Gasteiger partial charge in [0.05, 0.1) is 6.54 Å². The quantitative estimate of drug-likeness (QED) is 0.690. The molecular formula is C18H24N4O3S. The minimum atomic E-state index is -0.105. The van der Waals surface area contributed by atoms with Crippen LogP contribution in [-0.4, -0.2) is 29.9 Å². The molecule has 26 heavy (non-hydrogen) atoms. The Morgan fingerprint density at radius 2 is 2.15 bits per heavy atom. The topological polar surface area (TPSA) is 96.3 Å². The molecule has 8 heteroatoms. The molecule has 3 N–H and O–H groups in total. The average Bonchev–Trinajstić information content (AvgIpc) is 3.28. The number of carbonyl (C=O) groups excluding carboxylic acids is 2. The average molecular weight is 376 g/mol. The molecule has 1 fully saturated rings. The fourth-order valence-electron chi connectivity index (χ4n) is 2.95. The lowest BCUT2D eigenvalue weighted by Crippen LogP contribution is -2.28. The summed E-state index contributed by atoms with van der Waals surface area (Å²) in [4.78, 5) is 27.5. The van der Waals surface area contributed by atoms with Crippen LogP contribution < -0.4 is 16.0 Å². The Bertz CT molecular complexity index is 749. The number of nitrogens with zero attached hydrogens (tertiary/aromatic N) is 1. The summed E-state index contributed by atoms with van der Waals surface area (Å²) in [6.07, 6.45) is 3.75. The zero-order valence-corrected chi connectivity index (χ0v) is 15.7. The molecular weight excluding hydrogens is 352 g/mol. The van der Waals surface area contributed by atoms with Crippen LogP contribution >= 0.6 is 11.3 Å². The van der Waals surface area contributed by atoms with Crippen LogP contribution in [0.2, 0.25) is 0 Å². The molecule has 2 amide bonds. The Kier molecular flexibility index (Phi) is 6.40. The smallest absolute Gasteiger partial charge is 0.226 e. The van der Waals surface area contributed by atoms with Gasteiger partial charge >= 0.3 is 0 Å². The van der Waals surface area contributed by atoms with Crippen molar-refractivity contribution in [3.63, 3.8) is 0 Å². The highest BCUT2D eigenvalue weighted by atomic mass is 32.1. The minimum Gasteiger partial charge on any atom is -0.458 e. The minimum absolute atomic E-state index is 0.00947. The van der Waals surface area contributed by atoms with Gasteiger partial charge < -0.3 is 20.4 Å². The Hall–Kier alpha value is -2.19. The molecule has 1 saturated heterocycles. The van der Waals surface area contributed by atoms with E-state index < -0.39 is 0 Å². The fourth-order valence-corrected chi connectivity index (χ4v) is 3.67. The number of amides is 2. The normalized spacial score (nSPS) is 15.0. The van der Waals surface area contributed by atoms with E-state index in [1.807, 2.05) is 17.5 Å². The second-order valence-corrected chi connectivity index (χ2v) is 7.35. The first-order valence-electron chi connectivity index (χ1n) is 8.90. The first kappa shape index (κ1) is 18.6. The van der Waals surface area contributed by atoms with E-state index >= 15 is 0 Å². The van der Waals surface area contributed by atoms with Gasteiger partial charge in [0.15, 0.2) is 10.9 Å². The van der Waals surface area contributed by atoms with Crippen molar-refractivity contribution in [2.75, 3.05) is 18.4 Å². The molecule has 140 valence electrons. The number of carbonyl (C=O) groups is 2. The van der Waals surface area contributed by atoms with Crippen LogP contribution in [0.25, 0.3) is 11.5 Å². The molecule has 0 atom stereocenters. The summed E-state index contributed by atoms with van der Waals surface area (Å²) in [5.41, 5.74) is 0.678. The molecule has 0 aromatic carbocycles. The zero-order valence-electron chi connectivity index (χ0n) is 14.8. The van der Waals surface area contributed by atoms with Crippen LogP contribution in [0, 0.1) is 5.92 Å². The molecule has 1 aliphatic heterocycles. The van der Waals surface area contributed by atoms with Crippen LogP contribution in [0.4, 0.5) is 5.13 Å². The molecule has 0 bridgehead atoms. The van der Waals surface area contributed by atoms with Gasteiger partial charge in [0.25, 0.3) is 0 Å². The SMILES string of the molecule is CC(=O)NCc1ccc(-c2csc(NC(=O)CCC3CCNCC3)n2)o1. The fraction of sp³-hybridized carbons (Fsp3) is 0.500. The summed E-state index contributed by atoms with van der Waals surface area (Å²) in [6, 6.07) is 3.62. The molecule has 0 radical (unpaired) electrons. The summed E-state index contributed by atoms with van der Waals surface area (Å²) in [6.45, 7) is 3.91. The zero-order chi connectivity index (χ0) is 18.4. The van der Waals surface area contributed by atoms with Crippen LogP contribution in [0.3, 0.4) is 0 Å². The summed E-state index contributed by atoms with van der Waals surface area (Å²) >= 11 is 1.38. The monoisotopic (exact) mass is 376 g/mol. The molecule has 0 saturated carbocycles. The first-order valence-corrected chi connectivity index (χ1v) is 9.78. The number of aromatic nitrogens is 1. The van der Waals surface area contributed by atoms with Gasteiger partial charge in [-0.2, -0.15) is 0 Å². The van der Waals surface area contributed by atoms with Crippen molar-refractivity contribution < 1.29 is 14.0 Å². The van der Waals surface area contributed by atoms with Crippen molar-refractivity contribution >= 4 is 28.3 Å². The van der Waals surface area contributed by atoms with E-state index in [2.05, 4.69) is 20.9 Å². The predicted molar refractivity (Wildman–Crippen MR) is 101 cm³/mol. The van der Waals surface area contributed by atoms with Gasteiger partial charge in [0.1, 0.15) is 11.5 Å². The number of piperidine rings is 1. The third-order valence-corrected chi connectivity index (χ3v) is 5.17. The maximum Gasteiger partial charge on any atom is 0.226 e. The number of rotatable bonds is 7. The number of nitrogens with one attached hydrogen (secondary N) is 3. The third-order valence-electron chi connectivity index (χ3n) is 4.41. The number of thiazole rings is 1. The van der Waals surface area contributed by atoms with Crippen LogP contribution in [0.5, 0.6) is 0 Å². The number of hydrogen-bond donors (Lipinski definition) is 3. The van der Waals surface area contributed by atoms with Gasteiger partial charge in [-0.05, 0) is 50.4 Å². The molecule has 0 spiro atoms. The lowest BCUT2D eigenvalue weighted by atomic mass is 9.93. The number of hydrogen-bond acceptors (Lipinski definition) is 6. The van der Waals surface area contributed by atoms with Crippen molar-refractivity contribution in [3.05, 3.63) is 23.3 Å². The number of furan rings is 1. The standard InChI is InChI=1S/C18H24N4O3S/c1-12(23)20-10-14-3-4-16(25-14)15-11-26-18(21-15)22-17(24)5-2-13-6-8-19-9-7-13/h3-4,11,13,19H,2,5-10H2,1H3,(H,20,23)(H,21,22,24). The van der Waals surface area contributed by atoms with E-state index in [0.29, 0.717) is 41.2 Å². The van der Waals surface area contributed by atoms with Crippen molar-refractivity contribution in [3.8, 4) is 11.5 Å². The third kappa shape index (κ3) is 5.40. The maximum absolute atomic E-state index is 12.1. The van der Waals surface area contributed by atoms with Crippen LogP contribution in [0.15, 0.2) is 21.9 Å². The largest absolute Gasteiger partial charge is 0.458 e. The van der Waals surface area contributed by atoms with E-state index in [9.17, 15) is 9.59 Å². The van der Waals surface area contributed by atoms with Crippen LogP contribution in [0.1, 0.15) is 38.4 Å². The Labute approximate surface area is 156 Å². The molecule has 2 aromatic heterocycles. The molecule has 0 aliphatic carbocycles. The second-order valence-electron chi connectivity index (χ2n) is 6.49. The maximum atomic E-state index is 12.1. The lowest BCUT2D eigenvalue weighted by Gasteiger charge is -2.21. The first-order chi connectivity index (χ1) is 12.6. The van der Waals surface area contributed by atoms with Crippen molar-refractivity contribution in [2.45, 2.75) is 39.2 Å². The highest BCUT2D eigenvalue weighted by molar-refractivity contribution is 7.14. The summed E-state index contributed by atoms with van der Waals surface area (Å²) in [5, 5.41) is 11.3. The van der Waals surface area contributed by atoms with E-state index in [0.717, 1.165) is 32.4 Å². The van der Waals surface area contributed by atoms with Gasteiger partial charge in [-0.3, -0.25) is 9.59 Å². The Balaban J connectivity index is 1.49. The van der Waals surface area contributed by atoms with E-state index in [1.165, 1.54) is 18.3 Å². The van der Waals surface area contributed by atoms with Gasteiger partial charge in [-0.15, -0.1) is 11.3 Å². The highest BCUT2D eigenvalue weighted by Crippen LogP contribution is 2.27. The molecule has 3 heterocycles. The molecule has 1 aliphatic rings. The highest BCUT2D eigenvalue weighted by Gasteiger charge is 2.16. The predicted octanol–water partition coefficient (Wildman–Crippen LogP) is 2.76. The molecule has 3 rings (SSSR count). The lowest BCUT2D eigenvalue weighted by molar-refractivity contribution is -0.119. The Morgan fingerprint density at radius 1 is 1.35 bits per heavy atom. The van der Waals surface area contributed by atoms with Gasteiger partial charge in [-0.25, -0.2) is 4.98 Å². The van der Waals surface area contributed by atoms with E-state index in [1.54, 1.807) is 0 Å². The van der Waals surface area contributed by atoms with Crippen molar-refractivity contribution in [2.24, 2.45) is 5.92 Å². The van der Waals surface area contributed by atoms with Gasteiger partial charge in [0, 0.05) is 18.7 Å². The van der Waals surface area contributed by atoms with Gasteiger partial charge in [-0.1, -0.05) is 0 Å². The van der Waals surface area contributed by atoms with Crippen molar-refractivity contribution in [1.82, 2.24) is 15.6 Å². The van der Waals surface area contributed by atoms with Gasteiger partial charge in [0.2, 0.25) is 11.8 Å². The molecule has 0 unspecified atom stereocenters. The summed E-state index contributed by atoms with van der Waals surface area (Å²) in [7, 11) is 0. The van der Waals surface area contributed by atoms with E-state index in [4.69, 9.17) is 4.42 Å². The Morgan fingerprint density at radius 3 is 2.92 bits per heavy atom. The number of anilines is 1. The summed E-state index contributed by atoms with van der Waals surface area (Å²) < 4.78 is 5.68. The molecule has 7 nitrogen and oxygen atoms in total. The van der Waals surface area contributed by atoms with E-state index in [-0.39, 0.29) is 11.8 Å². The second kappa shape index (κ2) is 8.95. The van der Waals surface area contributed by atoms with Crippen molar-refractivity contribution in [1.29, 1.82) is 0 Å². The van der Waals surface area contributed by atoms with Crippen LogP contribution in [-0.2, 0) is 16.1 Å².